The first-order valence-electron chi connectivity index (χ1n) is 7.41. The van der Waals surface area contributed by atoms with Crippen LogP contribution in [0.2, 0.25) is 5.02 Å². The second kappa shape index (κ2) is 10.2. The molecule has 0 saturated carbocycles. The molecule has 118 valence electrons. The number of benzene rings is 2. The van der Waals surface area contributed by atoms with E-state index in [4.69, 9.17) is 16.3 Å². The number of hydrogen-bond donors (Lipinski definition) is 0. The summed E-state index contributed by atoms with van der Waals surface area (Å²) in [6.07, 6.45) is 2.17. The maximum atomic E-state index is 12.4. The molecule has 0 bridgehead atoms. The first-order chi connectivity index (χ1) is 10.6. The molecular formula is C18H21ClLiO2P. The van der Waals surface area contributed by atoms with Gasteiger partial charge in [0.2, 0.25) is 0 Å². The molecule has 2 rings (SSSR count). The quantitative estimate of drug-likeness (QED) is 0.425. The molecule has 23 heavy (non-hydrogen) atoms. The topological polar surface area (TPSA) is 26.3 Å². The van der Waals surface area contributed by atoms with Gasteiger partial charge >= 0.3 is 18.9 Å². The van der Waals surface area contributed by atoms with Gasteiger partial charge in [-0.1, -0.05) is 49.2 Å². The number of unbranched alkanes of at least 4 members (excludes halogenated alkanes) is 1. The Hall–Kier alpha value is -0.773. The molecule has 0 N–H and O–H groups in total. The van der Waals surface area contributed by atoms with E-state index >= 15 is 0 Å². The summed E-state index contributed by atoms with van der Waals surface area (Å²) in [5.74, 6) is 0.850. The van der Waals surface area contributed by atoms with E-state index in [2.05, 4.69) is 6.92 Å². The van der Waals surface area contributed by atoms with E-state index in [1.165, 1.54) is 0 Å². The minimum absolute atomic E-state index is 0. The van der Waals surface area contributed by atoms with E-state index in [1.54, 1.807) is 6.07 Å². The summed E-state index contributed by atoms with van der Waals surface area (Å²) in [5.41, 5.74) is 1.62. The van der Waals surface area contributed by atoms with E-state index in [0.29, 0.717) is 10.6 Å². The van der Waals surface area contributed by atoms with Crippen LogP contribution in [0.5, 0.6) is 5.75 Å². The third kappa shape index (κ3) is 5.98. The van der Waals surface area contributed by atoms with E-state index < -0.39 is 0 Å². The monoisotopic (exact) mass is 342 g/mol. The molecule has 2 nitrogen and oxygen atoms in total. The van der Waals surface area contributed by atoms with Gasteiger partial charge in [0.25, 0.3) is 0 Å². The van der Waals surface area contributed by atoms with Crippen LogP contribution in [-0.4, -0.2) is 31.0 Å². The van der Waals surface area contributed by atoms with Crippen molar-refractivity contribution in [1.82, 2.24) is 0 Å². The summed E-state index contributed by atoms with van der Waals surface area (Å²) in [7, 11) is 0.0683. The van der Waals surface area contributed by atoms with Crippen molar-refractivity contribution in [3.8, 4) is 5.75 Å². The molecule has 0 spiro atoms. The first kappa shape index (κ1) is 20.3. The van der Waals surface area contributed by atoms with Gasteiger partial charge in [0.15, 0.2) is 5.52 Å². The van der Waals surface area contributed by atoms with E-state index in [-0.39, 0.29) is 33.0 Å². The summed E-state index contributed by atoms with van der Waals surface area (Å²) in [6, 6.07) is 13.3. The second-order valence-corrected chi connectivity index (χ2v) is 6.80. The van der Waals surface area contributed by atoms with Crippen LogP contribution in [-0.2, 0) is 0 Å². The molecule has 0 radical (unpaired) electrons. The fourth-order valence-electron chi connectivity index (χ4n) is 2.08. The van der Waals surface area contributed by atoms with Gasteiger partial charge in [-0.2, -0.15) is 0 Å². The molecule has 0 fully saturated rings. The zero-order valence-corrected chi connectivity index (χ0v) is 14.6. The predicted molar refractivity (Wildman–Crippen MR) is 102 cm³/mol. The number of aryl methyl sites for hydroxylation is 1. The fourth-order valence-corrected chi connectivity index (χ4v) is 3.52. The van der Waals surface area contributed by atoms with Crippen LogP contribution in [0.3, 0.4) is 0 Å². The Morgan fingerprint density at radius 3 is 2.48 bits per heavy atom. The van der Waals surface area contributed by atoms with Crippen LogP contribution < -0.4 is 10.0 Å². The molecule has 0 aliphatic rings. The molecule has 0 aliphatic heterocycles. The average Bonchev–Trinajstić information content (AvgIpc) is 2.49. The van der Waals surface area contributed by atoms with Gasteiger partial charge in [-0.05, 0) is 51.0 Å². The predicted octanol–water partition coefficient (Wildman–Crippen LogP) is 4.32. The molecule has 2 aromatic rings. The summed E-state index contributed by atoms with van der Waals surface area (Å²) in [4.78, 5) is 12.4. The van der Waals surface area contributed by atoms with Crippen LogP contribution in [0.4, 0.5) is 0 Å². The van der Waals surface area contributed by atoms with E-state index in [1.807, 2.05) is 43.3 Å². The standard InChI is InChI=1S/C18H20ClO2P.Li.H/c1-3-4-12-21-14-8-10-15(11-9-14)22-18(20)17-13(2)6-5-7-16(17)19;;/h5-11,22H,3-4,12H2,1-2H3;;. The fraction of sp³-hybridized carbons (Fsp3) is 0.278. The van der Waals surface area contributed by atoms with E-state index in [0.717, 1.165) is 36.1 Å². The number of rotatable bonds is 7. The van der Waals surface area contributed by atoms with Crippen molar-refractivity contribution in [3.63, 3.8) is 0 Å². The molecule has 0 amide bonds. The number of carbonyl (C=O) groups is 1. The Balaban J connectivity index is 0.00000264. The van der Waals surface area contributed by atoms with Crippen LogP contribution in [0.1, 0.15) is 35.7 Å². The molecule has 0 aromatic heterocycles. The zero-order valence-electron chi connectivity index (χ0n) is 12.9. The third-order valence-corrected chi connectivity index (χ3v) is 4.74. The van der Waals surface area contributed by atoms with Crippen LogP contribution >= 0.6 is 20.2 Å². The van der Waals surface area contributed by atoms with Crippen molar-refractivity contribution >= 4 is 49.9 Å². The second-order valence-electron chi connectivity index (χ2n) is 5.11. The van der Waals surface area contributed by atoms with Gasteiger partial charge in [0.05, 0.1) is 11.6 Å². The van der Waals surface area contributed by atoms with Gasteiger partial charge in [0, 0.05) is 5.56 Å². The molecule has 1 atom stereocenters. The van der Waals surface area contributed by atoms with Crippen molar-refractivity contribution in [1.29, 1.82) is 0 Å². The Labute approximate surface area is 156 Å². The van der Waals surface area contributed by atoms with Gasteiger partial charge in [-0.3, -0.25) is 4.79 Å². The normalized spacial score (nSPS) is 10.6. The SMILES string of the molecule is CCCCOc1ccc(PC(=O)c2c(C)cccc2Cl)cc1.[LiH]. The van der Waals surface area contributed by atoms with Crippen molar-refractivity contribution in [3.05, 3.63) is 58.6 Å². The molecule has 1 unspecified atom stereocenters. The summed E-state index contributed by atoms with van der Waals surface area (Å²) < 4.78 is 5.63. The van der Waals surface area contributed by atoms with Gasteiger partial charge in [-0.25, -0.2) is 0 Å². The van der Waals surface area contributed by atoms with Crippen LogP contribution in [0.25, 0.3) is 0 Å². The molecule has 0 saturated heterocycles. The zero-order chi connectivity index (χ0) is 15.9. The molecule has 0 aliphatic carbocycles. The molecular weight excluding hydrogens is 322 g/mol. The van der Waals surface area contributed by atoms with Gasteiger partial charge in [0.1, 0.15) is 5.75 Å². The van der Waals surface area contributed by atoms with Crippen LogP contribution in [0.15, 0.2) is 42.5 Å². The van der Waals surface area contributed by atoms with Crippen LogP contribution in [0, 0.1) is 6.92 Å². The Morgan fingerprint density at radius 2 is 1.87 bits per heavy atom. The third-order valence-electron chi connectivity index (χ3n) is 3.33. The molecule has 2 aromatic carbocycles. The Bertz CT molecular complexity index is 624. The molecule has 0 heterocycles. The first-order valence-corrected chi connectivity index (χ1v) is 8.79. The number of carbonyl (C=O) groups excluding carboxylic acids is 1. The van der Waals surface area contributed by atoms with Crippen molar-refractivity contribution in [2.24, 2.45) is 0 Å². The van der Waals surface area contributed by atoms with Crippen molar-refractivity contribution in [2.75, 3.05) is 6.61 Å². The summed E-state index contributed by atoms with van der Waals surface area (Å²) in [5, 5.41) is 1.52. The number of halogens is 1. The number of hydrogen-bond acceptors (Lipinski definition) is 2. The summed E-state index contributed by atoms with van der Waals surface area (Å²) >= 11 is 6.15. The van der Waals surface area contributed by atoms with Gasteiger partial charge in [-0.15, -0.1) is 0 Å². The maximum absolute atomic E-state index is 12.4. The summed E-state index contributed by atoms with van der Waals surface area (Å²) in [6.45, 7) is 4.78. The van der Waals surface area contributed by atoms with Crippen molar-refractivity contribution in [2.45, 2.75) is 26.7 Å². The minimum atomic E-state index is 0. The Kier molecular flexibility index (Phi) is 8.96. The van der Waals surface area contributed by atoms with Crippen molar-refractivity contribution < 1.29 is 9.53 Å². The Morgan fingerprint density at radius 1 is 1.17 bits per heavy atom. The van der Waals surface area contributed by atoms with Gasteiger partial charge < -0.3 is 4.74 Å². The average molecular weight is 343 g/mol. The van der Waals surface area contributed by atoms with E-state index in [9.17, 15) is 4.79 Å². The molecule has 5 heteroatoms. The number of ether oxygens (including phenoxy) is 1.